The molecule has 0 bridgehead atoms. The van der Waals surface area contributed by atoms with Crippen molar-refractivity contribution in [3.8, 4) is 0 Å². The number of alkyl halides is 3. The van der Waals surface area contributed by atoms with Crippen molar-refractivity contribution in [2.75, 3.05) is 18.6 Å². The van der Waals surface area contributed by atoms with E-state index >= 15 is 0 Å². The summed E-state index contributed by atoms with van der Waals surface area (Å²) in [4.78, 5) is 37.5. The molecule has 2 heterocycles. The van der Waals surface area contributed by atoms with E-state index in [2.05, 4.69) is 5.32 Å². The maximum atomic E-state index is 12.3. The fraction of sp³-hybridized carbons (Fsp3) is 0.615. The highest BCUT2D eigenvalue weighted by Crippen LogP contribution is 2.41. The van der Waals surface area contributed by atoms with Crippen LogP contribution in [0.1, 0.15) is 6.92 Å². The third-order valence-electron chi connectivity index (χ3n) is 3.22. The third-order valence-corrected chi connectivity index (χ3v) is 5.42. The summed E-state index contributed by atoms with van der Waals surface area (Å²) in [6.07, 6.45) is 3.42. The van der Waals surface area contributed by atoms with Gasteiger partial charge < -0.3 is 10.1 Å². The summed E-state index contributed by atoms with van der Waals surface area (Å²) < 4.78 is 3.23. The monoisotopic (exact) mass is 432 g/mol. The van der Waals surface area contributed by atoms with Gasteiger partial charge >= 0.3 is 5.97 Å². The summed E-state index contributed by atoms with van der Waals surface area (Å²) in [6.45, 7) is 1.46. The maximum absolute atomic E-state index is 12.3. The number of esters is 1. The molecule has 3 atom stereocenters. The van der Waals surface area contributed by atoms with Crippen molar-refractivity contribution in [2.45, 2.75) is 27.4 Å². The minimum atomic E-state index is -1.72. The van der Waals surface area contributed by atoms with E-state index in [0.29, 0.717) is 0 Å². The van der Waals surface area contributed by atoms with E-state index in [1.165, 1.54) is 28.4 Å². The molecule has 0 aromatic carbocycles. The lowest BCUT2D eigenvalue weighted by Gasteiger charge is -2.49. The summed E-state index contributed by atoms with van der Waals surface area (Å²) in [6, 6.07) is -0.651. The summed E-state index contributed by atoms with van der Waals surface area (Å²) in [5.41, 5.74) is 0.112. The van der Waals surface area contributed by atoms with Crippen LogP contribution in [0, 0.1) is 0 Å². The maximum Gasteiger partial charge on any atom is 0.354 e. The second-order valence-corrected chi connectivity index (χ2v) is 10.0. The fourth-order valence-corrected chi connectivity index (χ4v) is 4.13. The van der Waals surface area contributed by atoms with Gasteiger partial charge in [0.05, 0.1) is 5.75 Å². The van der Waals surface area contributed by atoms with Crippen molar-refractivity contribution < 1.29 is 19.1 Å². The molecule has 24 heavy (non-hydrogen) atoms. The van der Waals surface area contributed by atoms with Crippen molar-refractivity contribution in [2.24, 2.45) is 0 Å². The summed E-state index contributed by atoms with van der Waals surface area (Å²) >= 11 is 19.5. The molecule has 3 unspecified atom stereocenters. The largest absolute Gasteiger partial charge is 0.456 e. The Morgan fingerprint density at radius 3 is 2.71 bits per heavy atom. The van der Waals surface area contributed by atoms with Gasteiger partial charge in [-0.3, -0.25) is 14.5 Å². The molecule has 6 nitrogen and oxygen atoms in total. The van der Waals surface area contributed by atoms with Gasteiger partial charge in [0.1, 0.15) is 23.7 Å². The van der Waals surface area contributed by atoms with Gasteiger partial charge in [-0.1, -0.05) is 34.8 Å². The predicted octanol–water partition coefficient (Wildman–Crippen LogP) is 1.94. The number of thioether (sulfide) groups is 2. The minimum absolute atomic E-state index is 0.0328. The first-order valence-electron chi connectivity index (χ1n) is 6.86. The summed E-state index contributed by atoms with van der Waals surface area (Å²) in [7, 11) is 0. The second kappa shape index (κ2) is 7.95. The first-order chi connectivity index (χ1) is 11.1. The molecule has 1 fully saturated rings. The number of hydrogen-bond acceptors (Lipinski definition) is 6. The van der Waals surface area contributed by atoms with Crippen LogP contribution < -0.4 is 5.32 Å². The van der Waals surface area contributed by atoms with Crippen LogP contribution in [0.25, 0.3) is 0 Å². The Bertz CT molecular complexity index is 582. The molecule has 0 radical (unpaired) electrons. The average Bonchev–Trinajstić information content (AvgIpc) is 2.49. The smallest absolute Gasteiger partial charge is 0.354 e. The number of halogens is 3. The average molecular weight is 434 g/mol. The number of nitrogens with one attached hydrogen (secondary N) is 1. The highest BCUT2D eigenvalue weighted by atomic mass is 35.6. The van der Waals surface area contributed by atoms with E-state index < -0.39 is 22.4 Å². The predicted molar refractivity (Wildman–Crippen MR) is 97.3 cm³/mol. The van der Waals surface area contributed by atoms with Crippen LogP contribution in [0.3, 0.4) is 0 Å². The number of amides is 2. The van der Waals surface area contributed by atoms with E-state index in [0.717, 1.165) is 0 Å². The van der Waals surface area contributed by atoms with Crippen LogP contribution in [0.4, 0.5) is 0 Å². The van der Waals surface area contributed by atoms with E-state index in [1.54, 1.807) is 12.3 Å². The van der Waals surface area contributed by atoms with Gasteiger partial charge in [-0.15, -0.1) is 11.8 Å². The second-order valence-electron chi connectivity index (χ2n) is 5.16. The zero-order valence-electron chi connectivity index (χ0n) is 12.8. The van der Waals surface area contributed by atoms with Crippen molar-refractivity contribution in [3.63, 3.8) is 0 Å². The molecule has 2 aliphatic heterocycles. The first-order valence-corrected chi connectivity index (χ1v) is 10.3. The molecule has 2 amide bonds. The van der Waals surface area contributed by atoms with Gasteiger partial charge in [0.2, 0.25) is 9.70 Å². The quantitative estimate of drug-likeness (QED) is 0.406. The normalized spacial score (nSPS) is 26.2. The Morgan fingerprint density at radius 1 is 1.46 bits per heavy atom. The number of nitrogens with zero attached hydrogens (tertiary/aromatic N) is 1. The molecule has 0 aliphatic carbocycles. The number of hydrogen-bond donors (Lipinski definition) is 1. The Morgan fingerprint density at radius 2 is 2.12 bits per heavy atom. The van der Waals surface area contributed by atoms with Gasteiger partial charge in [-0.25, -0.2) is 4.79 Å². The number of carbonyl (C=O) groups is 3. The van der Waals surface area contributed by atoms with Crippen LogP contribution >= 0.6 is 58.3 Å². The van der Waals surface area contributed by atoms with Crippen LogP contribution in [0.2, 0.25) is 0 Å². The minimum Gasteiger partial charge on any atom is -0.456 e. The van der Waals surface area contributed by atoms with Gasteiger partial charge in [-0.05, 0) is 19.3 Å². The first kappa shape index (κ1) is 20.0. The molecule has 2 aliphatic rings. The van der Waals surface area contributed by atoms with Gasteiger partial charge in [0.15, 0.2) is 0 Å². The van der Waals surface area contributed by atoms with Crippen molar-refractivity contribution >= 4 is 76.1 Å². The van der Waals surface area contributed by atoms with Gasteiger partial charge in [-0.2, -0.15) is 11.8 Å². The molecule has 1 N–H and O–H groups in total. The molecule has 0 spiro atoms. The molecule has 134 valence electrons. The molecular formula is C13H15Cl3N2O4S2. The fourth-order valence-electron chi connectivity index (χ4n) is 2.29. The molecule has 2 rings (SSSR count). The van der Waals surface area contributed by atoms with Crippen molar-refractivity contribution in [3.05, 3.63) is 11.8 Å². The summed E-state index contributed by atoms with van der Waals surface area (Å²) in [5, 5.41) is 2.31. The highest BCUT2D eigenvalue weighted by Gasteiger charge is 2.54. The topological polar surface area (TPSA) is 75.7 Å². The van der Waals surface area contributed by atoms with Gasteiger partial charge in [0.25, 0.3) is 5.91 Å². The van der Waals surface area contributed by atoms with Gasteiger partial charge in [0, 0.05) is 5.25 Å². The molecule has 0 aromatic rings. The molecule has 11 heteroatoms. The van der Waals surface area contributed by atoms with Crippen LogP contribution in [-0.2, 0) is 19.1 Å². The number of carbonyl (C=O) groups excluding carboxylic acids is 3. The van der Waals surface area contributed by atoms with Crippen molar-refractivity contribution in [1.82, 2.24) is 10.2 Å². The van der Waals surface area contributed by atoms with E-state index in [-0.39, 0.29) is 33.9 Å². The number of ether oxygens (including phenoxy) is 1. The Balaban J connectivity index is 2.06. The van der Waals surface area contributed by atoms with Crippen LogP contribution in [0.5, 0.6) is 0 Å². The highest BCUT2D eigenvalue weighted by molar-refractivity contribution is 8.00. The number of fused-ring (bicyclic) bond motifs is 1. The van der Waals surface area contributed by atoms with E-state index in [4.69, 9.17) is 39.5 Å². The lowest BCUT2D eigenvalue weighted by Crippen LogP contribution is -2.70. The number of β-lactam (4-membered cyclic amide) rings is 1. The Kier molecular flexibility index (Phi) is 6.64. The standard InChI is InChI=1S/C13H15Cl3N2O4S2/c1-6-3-7(12(21)22-5-13(14,15)16)18-10(20)9(11(18)24-6)17-8(19)4-23-2/h3,6,9,11H,4-5H2,1-2H3,(H,17,19). The lowest BCUT2D eigenvalue weighted by molar-refractivity contribution is -0.152. The molecular weight excluding hydrogens is 419 g/mol. The summed E-state index contributed by atoms with van der Waals surface area (Å²) in [5.74, 6) is -1.04. The van der Waals surface area contributed by atoms with E-state index in [9.17, 15) is 14.4 Å². The number of rotatable bonds is 5. The molecule has 1 saturated heterocycles. The zero-order valence-corrected chi connectivity index (χ0v) is 16.7. The van der Waals surface area contributed by atoms with E-state index in [1.807, 2.05) is 6.92 Å². The lowest BCUT2D eigenvalue weighted by atomic mass is 10.0. The molecule has 0 saturated carbocycles. The SMILES string of the molecule is CSCC(=O)NC1C(=O)N2C(C(=O)OCC(Cl)(Cl)Cl)=CC(C)SC12. The Hall–Kier alpha value is -0.280. The van der Waals surface area contributed by atoms with Crippen LogP contribution in [0.15, 0.2) is 11.8 Å². The third kappa shape index (κ3) is 4.66. The zero-order chi connectivity index (χ0) is 18.1. The van der Waals surface area contributed by atoms with Crippen molar-refractivity contribution in [1.29, 1.82) is 0 Å². The Labute approximate surface area is 162 Å². The van der Waals surface area contributed by atoms with Crippen LogP contribution in [-0.4, -0.2) is 61.8 Å². The molecule has 0 aromatic heterocycles.